The second-order valence-electron chi connectivity index (χ2n) is 6.81. The molecule has 0 aliphatic carbocycles. The number of carbonyl (C=O) groups excluding carboxylic acids is 2. The van der Waals surface area contributed by atoms with Crippen LogP contribution in [0.3, 0.4) is 0 Å². The molecule has 0 aromatic heterocycles. The van der Waals surface area contributed by atoms with Crippen molar-refractivity contribution in [2.24, 2.45) is 0 Å². The molecule has 4 nitrogen and oxygen atoms in total. The Balaban J connectivity index is 2.08. The molecule has 0 heterocycles. The molecule has 2 aromatic rings. The summed E-state index contributed by atoms with van der Waals surface area (Å²) in [5.74, 6) is -1.21. The van der Waals surface area contributed by atoms with Crippen LogP contribution < -0.4 is 5.32 Å². The first-order chi connectivity index (χ1) is 13.0. The van der Waals surface area contributed by atoms with Crippen LogP contribution in [0.1, 0.15) is 53.7 Å². The largest absolute Gasteiger partial charge is 0.449 e. The van der Waals surface area contributed by atoms with Crippen LogP contribution in [0.5, 0.6) is 0 Å². The highest BCUT2D eigenvalue weighted by molar-refractivity contribution is 5.98. The molecule has 150 valence electrons. The number of ether oxygens (including phenoxy) is 1. The van der Waals surface area contributed by atoms with Crippen molar-refractivity contribution in [2.45, 2.75) is 45.9 Å². The number of halogens is 3. The SMILES string of the molecule is Cc1cccc(C(C)C)c1NC(=O)[C@H](C)OC(=O)c1ccc(C(F)(F)F)cc1. The first kappa shape index (κ1) is 21.5. The van der Waals surface area contributed by atoms with Gasteiger partial charge in [0.25, 0.3) is 5.91 Å². The van der Waals surface area contributed by atoms with Gasteiger partial charge in [-0.3, -0.25) is 4.79 Å². The van der Waals surface area contributed by atoms with Gasteiger partial charge in [0, 0.05) is 5.69 Å². The topological polar surface area (TPSA) is 55.4 Å². The number of esters is 1. The number of carbonyl (C=O) groups is 2. The zero-order valence-electron chi connectivity index (χ0n) is 16.1. The molecule has 0 unspecified atom stereocenters. The summed E-state index contributed by atoms with van der Waals surface area (Å²) < 4.78 is 42.9. The van der Waals surface area contributed by atoms with Gasteiger partial charge in [-0.15, -0.1) is 0 Å². The number of aryl methyl sites for hydroxylation is 1. The number of anilines is 1. The van der Waals surface area contributed by atoms with E-state index >= 15 is 0 Å². The molecule has 0 saturated carbocycles. The van der Waals surface area contributed by atoms with Crippen LogP contribution in [0.4, 0.5) is 18.9 Å². The van der Waals surface area contributed by atoms with Crippen LogP contribution in [0.15, 0.2) is 42.5 Å². The van der Waals surface area contributed by atoms with Crippen LogP contribution in [-0.4, -0.2) is 18.0 Å². The molecule has 0 aliphatic heterocycles. The lowest BCUT2D eigenvalue weighted by molar-refractivity contribution is -0.137. The van der Waals surface area contributed by atoms with Crippen molar-refractivity contribution in [3.63, 3.8) is 0 Å². The Morgan fingerprint density at radius 1 is 1.00 bits per heavy atom. The Labute approximate surface area is 161 Å². The average Bonchev–Trinajstić information content (AvgIpc) is 2.62. The third kappa shape index (κ3) is 5.12. The van der Waals surface area contributed by atoms with Crippen LogP contribution in [0, 0.1) is 6.92 Å². The number of hydrogen-bond acceptors (Lipinski definition) is 3. The van der Waals surface area contributed by atoms with Gasteiger partial charge in [0.15, 0.2) is 6.10 Å². The van der Waals surface area contributed by atoms with Gasteiger partial charge < -0.3 is 10.1 Å². The zero-order chi connectivity index (χ0) is 21.1. The first-order valence-electron chi connectivity index (χ1n) is 8.79. The molecule has 0 bridgehead atoms. The van der Waals surface area contributed by atoms with Crippen molar-refractivity contribution in [1.82, 2.24) is 0 Å². The summed E-state index contributed by atoms with van der Waals surface area (Å²) in [6, 6.07) is 9.30. The van der Waals surface area contributed by atoms with Gasteiger partial charge in [-0.05, 0) is 55.2 Å². The molecule has 1 amide bonds. The molecular formula is C21H22F3NO3. The van der Waals surface area contributed by atoms with E-state index in [0.717, 1.165) is 35.4 Å². The smallest absolute Gasteiger partial charge is 0.416 e. The second-order valence-corrected chi connectivity index (χ2v) is 6.81. The number of benzene rings is 2. The molecule has 0 spiro atoms. The quantitative estimate of drug-likeness (QED) is 0.700. The van der Waals surface area contributed by atoms with E-state index in [1.165, 1.54) is 6.92 Å². The molecular weight excluding hydrogens is 371 g/mol. The Bertz CT molecular complexity index is 858. The van der Waals surface area contributed by atoms with E-state index < -0.39 is 29.7 Å². The van der Waals surface area contributed by atoms with Gasteiger partial charge in [0.2, 0.25) is 0 Å². The summed E-state index contributed by atoms with van der Waals surface area (Å²) in [6.07, 6.45) is -5.61. The summed E-state index contributed by atoms with van der Waals surface area (Å²) in [7, 11) is 0. The van der Waals surface area contributed by atoms with Crippen LogP contribution >= 0.6 is 0 Å². The highest BCUT2D eigenvalue weighted by Crippen LogP contribution is 2.29. The fraction of sp³-hybridized carbons (Fsp3) is 0.333. The highest BCUT2D eigenvalue weighted by Gasteiger charge is 2.30. The minimum absolute atomic E-state index is 0.0635. The Morgan fingerprint density at radius 3 is 2.14 bits per heavy atom. The summed E-state index contributed by atoms with van der Waals surface area (Å²) in [4.78, 5) is 24.6. The minimum Gasteiger partial charge on any atom is -0.449 e. The van der Waals surface area contributed by atoms with E-state index in [1.54, 1.807) is 0 Å². The monoisotopic (exact) mass is 393 g/mol. The summed E-state index contributed by atoms with van der Waals surface area (Å²) in [5, 5.41) is 2.78. The van der Waals surface area contributed by atoms with E-state index in [4.69, 9.17) is 4.74 Å². The van der Waals surface area contributed by atoms with E-state index in [0.29, 0.717) is 5.69 Å². The molecule has 2 rings (SSSR count). The van der Waals surface area contributed by atoms with Crippen LogP contribution in [-0.2, 0) is 15.7 Å². The third-order valence-electron chi connectivity index (χ3n) is 4.28. The van der Waals surface area contributed by atoms with Crippen molar-refractivity contribution in [1.29, 1.82) is 0 Å². The third-order valence-corrected chi connectivity index (χ3v) is 4.28. The van der Waals surface area contributed by atoms with Gasteiger partial charge >= 0.3 is 12.1 Å². The van der Waals surface area contributed by atoms with Crippen molar-refractivity contribution >= 4 is 17.6 Å². The standard InChI is InChI=1S/C21H22F3NO3/c1-12(2)17-7-5-6-13(3)18(17)25-19(26)14(4)28-20(27)15-8-10-16(11-9-15)21(22,23)24/h5-12,14H,1-4H3,(H,25,26)/t14-/m0/s1. The number of alkyl halides is 3. The lowest BCUT2D eigenvalue weighted by Gasteiger charge is -2.19. The first-order valence-corrected chi connectivity index (χ1v) is 8.79. The minimum atomic E-state index is -4.49. The summed E-state index contributed by atoms with van der Waals surface area (Å²) >= 11 is 0. The Hall–Kier alpha value is -2.83. The highest BCUT2D eigenvalue weighted by atomic mass is 19.4. The lowest BCUT2D eigenvalue weighted by atomic mass is 9.98. The molecule has 0 saturated heterocycles. The van der Waals surface area contributed by atoms with Gasteiger partial charge in [0.05, 0.1) is 11.1 Å². The zero-order valence-corrected chi connectivity index (χ0v) is 16.1. The van der Waals surface area contributed by atoms with Gasteiger partial charge in [0.1, 0.15) is 0 Å². The van der Waals surface area contributed by atoms with Gasteiger partial charge in [-0.1, -0.05) is 32.0 Å². The molecule has 1 atom stereocenters. The normalized spacial score (nSPS) is 12.6. The van der Waals surface area contributed by atoms with E-state index in [-0.39, 0.29) is 11.5 Å². The summed E-state index contributed by atoms with van der Waals surface area (Å²) in [6.45, 7) is 7.27. The van der Waals surface area contributed by atoms with Crippen LogP contribution in [0.25, 0.3) is 0 Å². The molecule has 28 heavy (non-hydrogen) atoms. The predicted octanol–water partition coefficient (Wildman–Crippen LogP) is 5.32. The van der Waals surface area contributed by atoms with E-state index in [1.807, 2.05) is 39.0 Å². The fourth-order valence-corrected chi connectivity index (χ4v) is 2.64. The molecule has 0 fully saturated rings. The molecule has 0 aliphatic rings. The predicted molar refractivity (Wildman–Crippen MR) is 100 cm³/mol. The maximum absolute atomic E-state index is 12.6. The van der Waals surface area contributed by atoms with Crippen molar-refractivity contribution in [2.75, 3.05) is 5.32 Å². The van der Waals surface area contributed by atoms with Gasteiger partial charge in [-0.2, -0.15) is 13.2 Å². The number of nitrogens with one attached hydrogen (secondary N) is 1. The average molecular weight is 393 g/mol. The fourth-order valence-electron chi connectivity index (χ4n) is 2.64. The number of para-hydroxylation sites is 1. The van der Waals surface area contributed by atoms with Gasteiger partial charge in [-0.25, -0.2) is 4.79 Å². The van der Waals surface area contributed by atoms with Crippen LogP contribution in [0.2, 0.25) is 0 Å². The summed E-state index contributed by atoms with van der Waals surface area (Å²) in [5.41, 5.74) is 1.57. The number of amides is 1. The Morgan fingerprint density at radius 2 is 1.61 bits per heavy atom. The molecule has 0 radical (unpaired) electrons. The Kier molecular flexibility index (Phi) is 6.48. The maximum Gasteiger partial charge on any atom is 0.416 e. The van der Waals surface area contributed by atoms with Crippen molar-refractivity contribution in [3.05, 3.63) is 64.7 Å². The second kappa shape index (κ2) is 8.46. The molecule has 2 aromatic carbocycles. The lowest BCUT2D eigenvalue weighted by Crippen LogP contribution is -2.30. The van der Waals surface area contributed by atoms with E-state index in [9.17, 15) is 22.8 Å². The molecule has 7 heteroatoms. The number of hydrogen-bond donors (Lipinski definition) is 1. The number of rotatable bonds is 5. The van der Waals surface area contributed by atoms with E-state index in [2.05, 4.69) is 5.32 Å². The van der Waals surface area contributed by atoms with Crippen molar-refractivity contribution < 1.29 is 27.5 Å². The maximum atomic E-state index is 12.6. The van der Waals surface area contributed by atoms with Crippen molar-refractivity contribution in [3.8, 4) is 0 Å². The molecule has 1 N–H and O–H groups in total.